The predicted octanol–water partition coefficient (Wildman–Crippen LogP) is 1.88. The van der Waals surface area contributed by atoms with Gasteiger partial charge in [0.1, 0.15) is 0 Å². The summed E-state index contributed by atoms with van der Waals surface area (Å²) >= 11 is 0. The summed E-state index contributed by atoms with van der Waals surface area (Å²) in [5, 5.41) is 3.74. The number of likely N-dealkylation sites (tertiary alicyclic amines) is 1. The minimum absolute atomic E-state index is 0.711. The van der Waals surface area contributed by atoms with Crippen molar-refractivity contribution in [3.05, 3.63) is 0 Å². The van der Waals surface area contributed by atoms with Crippen molar-refractivity contribution in [1.82, 2.24) is 10.2 Å². The van der Waals surface area contributed by atoms with Crippen molar-refractivity contribution in [2.75, 3.05) is 32.8 Å². The number of nitrogens with one attached hydrogen (secondary N) is 1. The zero-order valence-corrected chi connectivity index (χ0v) is 11.5. The second kappa shape index (κ2) is 6.72. The lowest BCUT2D eigenvalue weighted by Crippen LogP contribution is -2.46. The number of nitrogens with zero attached hydrogens (tertiary/aromatic N) is 1. The van der Waals surface area contributed by atoms with Crippen LogP contribution in [0.4, 0.5) is 0 Å². The second-order valence-corrected chi connectivity index (χ2v) is 5.90. The molecule has 3 nitrogen and oxygen atoms in total. The van der Waals surface area contributed by atoms with Crippen LogP contribution in [0.2, 0.25) is 0 Å². The SMILES string of the molecule is CC(C)N1CCC(NCC2CCCOC2)CC1. The molecule has 17 heavy (non-hydrogen) atoms. The molecule has 0 aromatic carbocycles. The van der Waals surface area contributed by atoms with Crippen molar-refractivity contribution in [3.8, 4) is 0 Å². The van der Waals surface area contributed by atoms with E-state index < -0.39 is 0 Å². The van der Waals surface area contributed by atoms with E-state index >= 15 is 0 Å². The zero-order valence-electron chi connectivity index (χ0n) is 11.5. The van der Waals surface area contributed by atoms with Crippen LogP contribution in [0.15, 0.2) is 0 Å². The summed E-state index contributed by atoms with van der Waals surface area (Å²) in [7, 11) is 0. The van der Waals surface area contributed by atoms with Crippen LogP contribution >= 0.6 is 0 Å². The van der Waals surface area contributed by atoms with Gasteiger partial charge in [-0.15, -0.1) is 0 Å². The number of hydrogen-bond acceptors (Lipinski definition) is 3. The van der Waals surface area contributed by atoms with Crippen molar-refractivity contribution >= 4 is 0 Å². The van der Waals surface area contributed by atoms with Gasteiger partial charge in [-0.2, -0.15) is 0 Å². The lowest BCUT2D eigenvalue weighted by molar-refractivity contribution is 0.0521. The summed E-state index contributed by atoms with van der Waals surface area (Å²) in [4.78, 5) is 2.59. The first kappa shape index (κ1) is 13.3. The van der Waals surface area contributed by atoms with Crippen molar-refractivity contribution in [2.45, 2.75) is 51.6 Å². The Morgan fingerprint density at radius 3 is 2.59 bits per heavy atom. The minimum Gasteiger partial charge on any atom is -0.381 e. The Kier molecular flexibility index (Phi) is 5.26. The maximum Gasteiger partial charge on any atom is 0.0506 e. The molecule has 0 aromatic rings. The Morgan fingerprint density at radius 2 is 2.00 bits per heavy atom. The van der Waals surface area contributed by atoms with Crippen molar-refractivity contribution in [1.29, 1.82) is 0 Å². The van der Waals surface area contributed by atoms with Gasteiger partial charge in [0.2, 0.25) is 0 Å². The molecule has 2 aliphatic rings. The Morgan fingerprint density at radius 1 is 1.24 bits per heavy atom. The monoisotopic (exact) mass is 240 g/mol. The van der Waals surface area contributed by atoms with Gasteiger partial charge in [-0.3, -0.25) is 0 Å². The summed E-state index contributed by atoms with van der Waals surface area (Å²) in [5.41, 5.74) is 0. The molecular formula is C14H28N2O. The highest BCUT2D eigenvalue weighted by atomic mass is 16.5. The van der Waals surface area contributed by atoms with E-state index in [0.29, 0.717) is 6.04 Å². The quantitative estimate of drug-likeness (QED) is 0.812. The maximum atomic E-state index is 5.52. The van der Waals surface area contributed by atoms with Crippen LogP contribution in [0.5, 0.6) is 0 Å². The van der Waals surface area contributed by atoms with Crippen LogP contribution < -0.4 is 5.32 Å². The van der Waals surface area contributed by atoms with E-state index in [2.05, 4.69) is 24.1 Å². The number of piperidine rings is 1. The van der Waals surface area contributed by atoms with Crippen molar-refractivity contribution in [3.63, 3.8) is 0 Å². The van der Waals surface area contributed by atoms with Crippen molar-refractivity contribution in [2.24, 2.45) is 5.92 Å². The first-order chi connectivity index (χ1) is 8.25. The molecule has 1 N–H and O–H groups in total. The van der Waals surface area contributed by atoms with Gasteiger partial charge in [-0.05, 0) is 58.5 Å². The van der Waals surface area contributed by atoms with Crippen LogP contribution in [0.3, 0.4) is 0 Å². The predicted molar refractivity (Wildman–Crippen MR) is 71.3 cm³/mol. The molecule has 2 heterocycles. The molecule has 0 spiro atoms. The molecule has 2 fully saturated rings. The Labute approximate surface area is 106 Å². The molecule has 0 bridgehead atoms. The first-order valence-electron chi connectivity index (χ1n) is 7.31. The smallest absolute Gasteiger partial charge is 0.0506 e. The number of rotatable bonds is 4. The lowest BCUT2D eigenvalue weighted by atomic mass is 9.99. The van der Waals surface area contributed by atoms with E-state index in [1.807, 2.05) is 0 Å². The van der Waals surface area contributed by atoms with Crippen LogP contribution in [0.1, 0.15) is 39.5 Å². The van der Waals surface area contributed by atoms with E-state index in [-0.39, 0.29) is 0 Å². The lowest BCUT2D eigenvalue weighted by Gasteiger charge is -2.35. The van der Waals surface area contributed by atoms with Gasteiger partial charge in [0.05, 0.1) is 6.61 Å². The van der Waals surface area contributed by atoms with Crippen LogP contribution in [-0.4, -0.2) is 49.8 Å². The summed E-state index contributed by atoms with van der Waals surface area (Å²) in [6.07, 6.45) is 5.22. The Hall–Kier alpha value is -0.120. The summed E-state index contributed by atoms with van der Waals surface area (Å²) in [6.45, 7) is 10.2. The fourth-order valence-electron chi connectivity index (χ4n) is 2.92. The molecule has 100 valence electrons. The fraction of sp³-hybridized carbons (Fsp3) is 1.00. The van der Waals surface area contributed by atoms with Crippen molar-refractivity contribution < 1.29 is 4.74 Å². The van der Waals surface area contributed by atoms with Gasteiger partial charge < -0.3 is 15.0 Å². The van der Waals surface area contributed by atoms with E-state index in [4.69, 9.17) is 4.74 Å². The highest BCUT2D eigenvalue weighted by molar-refractivity contribution is 4.80. The highest BCUT2D eigenvalue weighted by Crippen LogP contribution is 2.16. The fourth-order valence-corrected chi connectivity index (χ4v) is 2.92. The Bertz CT molecular complexity index is 206. The van der Waals surface area contributed by atoms with Crippen LogP contribution in [-0.2, 0) is 4.74 Å². The molecule has 0 aliphatic carbocycles. The normalized spacial score (nSPS) is 28.8. The molecule has 2 saturated heterocycles. The van der Waals surface area contributed by atoms with Crippen LogP contribution in [0.25, 0.3) is 0 Å². The molecule has 0 aromatic heterocycles. The molecule has 0 saturated carbocycles. The summed E-state index contributed by atoms with van der Waals surface area (Å²) in [6, 6.07) is 1.45. The zero-order chi connectivity index (χ0) is 12.1. The second-order valence-electron chi connectivity index (χ2n) is 5.90. The topological polar surface area (TPSA) is 24.5 Å². The third-order valence-corrected chi connectivity index (χ3v) is 4.21. The number of ether oxygens (including phenoxy) is 1. The van der Waals surface area contributed by atoms with E-state index in [9.17, 15) is 0 Å². The molecule has 1 atom stereocenters. The van der Waals surface area contributed by atoms with Gasteiger partial charge in [-0.1, -0.05) is 0 Å². The van der Waals surface area contributed by atoms with Gasteiger partial charge in [0.25, 0.3) is 0 Å². The average molecular weight is 240 g/mol. The first-order valence-corrected chi connectivity index (χ1v) is 7.31. The standard InChI is InChI=1S/C14H28N2O/c1-12(2)16-7-5-14(6-8-16)15-10-13-4-3-9-17-11-13/h12-15H,3-11H2,1-2H3. The van der Waals surface area contributed by atoms with E-state index in [1.165, 1.54) is 38.8 Å². The van der Waals surface area contributed by atoms with E-state index in [0.717, 1.165) is 31.7 Å². The van der Waals surface area contributed by atoms with Gasteiger partial charge in [0, 0.05) is 25.2 Å². The van der Waals surface area contributed by atoms with E-state index in [1.54, 1.807) is 0 Å². The third-order valence-electron chi connectivity index (χ3n) is 4.21. The molecule has 2 rings (SSSR count). The largest absolute Gasteiger partial charge is 0.381 e. The molecule has 2 aliphatic heterocycles. The summed E-state index contributed by atoms with van der Waals surface area (Å²) in [5.74, 6) is 0.756. The molecular weight excluding hydrogens is 212 g/mol. The third kappa shape index (κ3) is 4.23. The highest BCUT2D eigenvalue weighted by Gasteiger charge is 2.21. The molecule has 1 unspecified atom stereocenters. The average Bonchev–Trinajstić information content (AvgIpc) is 2.38. The van der Waals surface area contributed by atoms with Crippen LogP contribution in [0, 0.1) is 5.92 Å². The molecule has 0 amide bonds. The van der Waals surface area contributed by atoms with Gasteiger partial charge >= 0.3 is 0 Å². The number of hydrogen-bond donors (Lipinski definition) is 1. The minimum atomic E-state index is 0.711. The van der Waals surface area contributed by atoms with Gasteiger partial charge in [-0.25, -0.2) is 0 Å². The molecule has 3 heteroatoms. The maximum absolute atomic E-state index is 5.52. The summed E-state index contributed by atoms with van der Waals surface area (Å²) < 4.78 is 5.52. The Balaban J connectivity index is 1.61. The molecule has 0 radical (unpaired) electrons. The van der Waals surface area contributed by atoms with Gasteiger partial charge in [0.15, 0.2) is 0 Å².